The largest absolute Gasteiger partial charge is 0.497 e. The van der Waals surface area contributed by atoms with Gasteiger partial charge in [0.15, 0.2) is 11.6 Å². The molecular weight excluding hydrogens is 352 g/mol. The van der Waals surface area contributed by atoms with Gasteiger partial charge < -0.3 is 25.6 Å². The van der Waals surface area contributed by atoms with Gasteiger partial charge in [-0.1, -0.05) is 18.2 Å². The van der Waals surface area contributed by atoms with Gasteiger partial charge in [0.2, 0.25) is 0 Å². The number of anilines is 5. The molecule has 2 aromatic carbocycles. The average molecular weight is 376 g/mol. The van der Waals surface area contributed by atoms with Gasteiger partial charge in [0, 0.05) is 37.6 Å². The van der Waals surface area contributed by atoms with Crippen molar-refractivity contribution in [2.24, 2.45) is 0 Å². The van der Waals surface area contributed by atoms with Crippen LogP contribution in [0.15, 0.2) is 60.9 Å². The van der Waals surface area contributed by atoms with Gasteiger partial charge in [-0.2, -0.15) is 0 Å². The molecule has 28 heavy (non-hydrogen) atoms. The lowest BCUT2D eigenvalue weighted by atomic mass is 10.2. The summed E-state index contributed by atoms with van der Waals surface area (Å²) in [6.07, 6.45) is 1.56. The van der Waals surface area contributed by atoms with Crippen LogP contribution in [0.5, 0.6) is 5.75 Å². The van der Waals surface area contributed by atoms with Crippen molar-refractivity contribution in [1.82, 2.24) is 9.97 Å². The van der Waals surface area contributed by atoms with E-state index in [1.54, 1.807) is 13.4 Å². The Labute approximate surface area is 164 Å². The highest BCUT2D eigenvalue weighted by Gasteiger charge is 2.21. The van der Waals surface area contributed by atoms with Gasteiger partial charge in [-0.25, -0.2) is 9.97 Å². The normalized spacial score (nSPS) is 14.0. The zero-order valence-corrected chi connectivity index (χ0v) is 15.9. The molecule has 1 aliphatic heterocycles. The first kappa shape index (κ1) is 17.9. The number of piperazine rings is 1. The second-order valence-electron chi connectivity index (χ2n) is 6.62. The summed E-state index contributed by atoms with van der Waals surface area (Å²) in [7, 11) is 1.68. The Hall–Kier alpha value is -3.48. The summed E-state index contributed by atoms with van der Waals surface area (Å²) in [5, 5.41) is 3.27. The number of nitrogens with two attached hydrogens (primary N) is 1. The molecule has 3 N–H and O–H groups in total. The summed E-state index contributed by atoms with van der Waals surface area (Å²) in [5.41, 5.74) is 9.10. The zero-order valence-electron chi connectivity index (χ0n) is 15.9. The van der Waals surface area contributed by atoms with Gasteiger partial charge in [-0.3, -0.25) is 0 Å². The highest BCUT2D eigenvalue weighted by atomic mass is 16.5. The molecular formula is C21H24N6O. The van der Waals surface area contributed by atoms with Crippen LogP contribution in [0.4, 0.5) is 28.7 Å². The minimum atomic E-state index is 0.573. The van der Waals surface area contributed by atoms with E-state index in [4.69, 9.17) is 10.5 Å². The summed E-state index contributed by atoms with van der Waals surface area (Å²) in [5.74, 6) is 2.28. The third-order valence-corrected chi connectivity index (χ3v) is 4.92. The number of nitrogen functional groups attached to an aromatic ring is 1. The predicted octanol–water partition coefficient (Wildman–Crippen LogP) is 3.14. The number of hydrogen-bond acceptors (Lipinski definition) is 7. The van der Waals surface area contributed by atoms with Crippen molar-refractivity contribution < 1.29 is 4.74 Å². The Morgan fingerprint density at radius 3 is 2.25 bits per heavy atom. The summed E-state index contributed by atoms with van der Waals surface area (Å²) >= 11 is 0. The minimum Gasteiger partial charge on any atom is -0.497 e. The fourth-order valence-corrected chi connectivity index (χ4v) is 3.37. The maximum Gasteiger partial charge on any atom is 0.159 e. The molecule has 0 aliphatic carbocycles. The number of rotatable bonds is 5. The molecule has 144 valence electrons. The second kappa shape index (κ2) is 8.04. The molecule has 1 aromatic heterocycles. The second-order valence-corrected chi connectivity index (χ2v) is 6.62. The Kier molecular flexibility index (Phi) is 5.14. The molecule has 1 aliphatic rings. The lowest BCUT2D eigenvalue weighted by molar-refractivity contribution is 0.415. The number of para-hydroxylation sites is 1. The van der Waals surface area contributed by atoms with Crippen LogP contribution in [0.3, 0.4) is 0 Å². The molecule has 3 aromatic rings. The first-order valence-electron chi connectivity index (χ1n) is 9.31. The van der Waals surface area contributed by atoms with E-state index in [0.717, 1.165) is 43.4 Å². The van der Waals surface area contributed by atoms with Gasteiger partial charge in [-0.15, -0.1) is 0 Å². The van der Waals surface area contributed by atoms with E-state index in [0.29, 0.717) is 11.5 Å². The molecule has 0 radical (unpaired) electrons. The molecule has 1 fully saturated rings. The standard InChI is InChI=1S/C21H24N6O/c1-28-18-9-7-17(8-10-18)26-11-13-27(14-12-26)21-19(22)20(23-15-24-21)25-16-5-3-2-4-6-16/h2-10,15H,11-14,22H2,1H3,(H,23,24,25). The Morgan fingerprint density at radius 2 is 1.57 bits per heavy atom. The molecule has 4 rings (SSSR count). The van der Waals surface area contributed by atoms with Crippen molar-refractivity contribution in [1.29, 1.82) is 0 Å². The van der Waals surface area contributed by atoms with Crippen LogP contribution in [0, 0.1) is 0 Å². The molecule has 0 bridgehead atoms. The Morgan fingerprint density at radius 1 is 0.893 bits per heavy atom. The van der Waals surface area contributed by atoms with Crippen LogP contribution < -0.4 is 25.6 Å². The summed E-state index contributed by atoms with van der Waals surface area (Å²) in [6, 6.07) is 18.0. The van der Waals surface area contributed by atoms with Crippen molar-refractivity contribution in [3.63, 3.8) is 0 Å². The third-order valence-electron chi connectivity index (χ3n) is 4.92. The molecule has 1 saturated heterocycles. The Balaban J connectivity index is 1.45. The van der Waals surface area contributed by atoms with E-state index in [-0.39, 0.29) is 0 Å². The number of benzene rings is 2. The number of nitrogens with zero attached hydrogens (tertiary/aromatic N) is 4. The van der Waals surface area contributed by atoms with Crippen molar-refractivity contribution in [3.05, 3.63) is 60.9 Å². The quantitative estimate of drug-likeness (QED) is 0.708. The van der Waals surface area contributed by atoms with Crippen molar-refractivity contribution in [2.75, 3.05) is 54.1 Å². The molecule has 0 unspecified atom stereocenters. The maximum atomic E-state index is 6.38. The highest BCUT2D eigenvalue weighted by Crippen LogP contribution is 2.30. The van der Waals surface area contributed by atoms with Crippen LogP contribution in [0.25, 0.3) is 0 Å². The minimum absolute atomic E-state index is 0.573. The third kappa shape index (κ3) is 3.78. The lowest BCUT2D eigenvalue weighted by Crippen LogP contribution is -2.47. The van der Waals surface area contributed by atoms with Gasteiger partial charge >= 0.3 is 0 Å². The predicted molar refractivity (Wildman–Crippen MR) is 114 cm³/mol. The van der Waals surface area contributed by atoms with E-state index in [9.17, 15) is 0 Å². The monoisotopic (exact) mass is 376 g/mol. The molecule has 7 nitrogen and oxygen atoms in total. The SMILES string of the molecule is COc1ccc(N2CCN(c3ncnc(Nc4ccccc4)c3N)CC2)cc1. The highest BCUT2D eigenvalue weighted by molar-refractivity contribution is 5.78. The van der Waals surface area contributed by atoms with E-state index >= 15 is 0 Å². The first-order chi connectivity index (χ1) is 13.7. The van der Waals surface area contributed by atoms with Crippen molar-refractivity contribution in [2.45, 2.75) is 0 Å². The van der Waals surface area contributed by atoms with Gasteiger partial charge in [-0.05, 0) is 36.4 Å². The van der Waals surface area contributed by atoms with Crippen LogP contribution in [-0.4, -0.2) is 43.3 Å². The molecule has 0 atom stereocenters. The number of methoxy groups -OCH3 is 1. The fourth-order valence-electron chi connectivity index (χ4n) is 3.37. The molecule has 0 spiro atoms. The fraction of sp³-hybridized carbons (Fsp3) is 0.238. The van der Waals surface area contributed by atoms with Crippen molar-refractivity contribution >= 4 is 28.7 Å². The number of ether oxygens (including phenoxy) is 1. The summed E-state index contributed by atoms with van der Waals surface area (Å²) < 4.78 is 5.24. The van der Waals surface area contributed by atoms with Crippen LogP contribution in [0.2, 0.25) is 0 Å². The molecule has 0 amide bonds. The number of aromatic nitrogens is 2. The van der Waals surface area contributed by atoms with E-state index in [1.165, 1.54) is 5.69 Å². The van der Waals surface area contributed by atoms with Crippen molar-refractivity contribution in [3.8, 4) is 5.75 Å². The molecule has 0 saturated carbocycles. The van der Waals surface area contributed by atoms with Gasteiger partial charge in [0.05, 0.1) is 7.11 Å². The number of hydrogen-bond donors (Lipinski definition) is 2. The van der Waals surface area contributed by atoms with Crippen LogP contribution in [0.1, 0.15) is 0 Å². The zero-order chi connectivity index (χ0) is 19.3. The first-order valence-corrected chi connectivity index (χ1v) is 9.31. The smallest absolute Gasteiger partial charge is 0.159 e. The lowest BCUT2D eigenvalue weighted by Gasteiger charge is -2.37. The van der Waals surface area contributed by atoms with Gasteiger partial charge in [0.1, 0.15) is 17.8 Å². The average Bonchev–Trinajstić information content (AvgIpc) is 2.76. The van der Waals surface area contributed by atoms with E-state index in [1.807, 2.05) is 42.5 Å². The molecule has 2 heterocycles. The summed E-state index contributed by atoms with van der Waals surface area (Å²) in [4.78, 5) is 13.3. The summed E-state index contributed by atoms with van der Waals surface area (Å²) in [6.45, 7) is 3.49. The van der Waals surface area contributed by atoms with Crippen LogP contribution in [-0.2, 0) is 0 Å². The van der Waals surface area contributed by atoms with E-state index < -0.39 is 0 Å². The topological polar surface area (TPSA) is 79.5 Å². The maximum absolute atomic E-state index is 6.38. The van der Waals surface area contributed by atoms with Crippen LogP contribution >= 0.6 is 0 Å². The van der Waals surface area contributed by atoms with E-state index in [2.05, 4.69) is 37.2 Å². The number of nitrogens with one attached hydrogen (secondary N) is 1. The van der Waals surface area contributed by atoms with Gasteiger partial charge in [0.25, 0.3) is 0 Å². The molecule has 7 heteroatoms. The Bertz CT molecular complexity index is 908.